The fourth-order valence-electron chi connectivity index (χ4n) is 2.86. The molecule has 1 amide bonds. The molecule has 23 heavy (non-hydrogen) atoms. The van der Waals surface area contributed by atoms with Crippen LogP contribution in [0.4, 0.5) is 5.69 Å². The van der Waals surface area contributed by atoms with Crippen LogP contribution >= 0.6 is 0 Å². The van der Waals surface area contributed by atoms with Crippen LogP contribution in [-0.2, 0) is 14.8 Å². The fourth-order valence-corrected chi connectivity index (χ4v) is 4.03. The van der Waals surface area contributed by atoms with Crippen molar-refractivity contribution in [3.05, 3.63) is 30.3 Å². The number of nitrogens with one attached hydrogen (secondary N) is 1. The highest BCUT2D eigenvalue weighted by Crippen LogP contribution is 2.20. The highest BCUT2D eigenvalue weighted by Gasteiger charge is 2.30. The average molecular weight is 339 g/mol. The molecule has 1 fully saturated rings. The molecule has 2 rings (SSSR count). The molecule has 1 aliphatic heterocycles. The van der Waals surface area contributed by atoms with E-state index in [-0.39, 0.29) is 11.9 Å². The van der Waals surface area contributed by atoms with E-state index in [0.29, 0.717) is 5.69 Å². The molecule has 1 aliphatic rings. The normalized spacial score (nSPS) is 18.4. The predicted molar refractivity (Wildman–Crippen MR) is 91.9 cm³/mol. The Morgan fingerprint density at radius 2 is 1.83 bits per heavy atom. The van der Waals surface area contributed by atoms with Gasteiger partial charge in [-0.3, -0.25) is 9.10 Å². The Labute approximate surface area is 138 Å². The topological polar surface area (TPSA) is 69.7 Å². The van der Waals surface area contributed by atoms with Crippen LogP contribution in [0.1, 0.15) is 19.8 Å². The van der Waals surface area contributed by atoms with Gasteiger partial charge in [0.1, 0.15) is 6.04 Å². The number of sulfonamides is 1. The zero-order valence-corrected chi connectivity index (χ0v) is 14.7. The lowest BCUT2D eigenvalue weighted by molar-refractivity contribution is -0.122. The van der Waals surface area contributed by atoms with Gasteiger partial charge in [0.15, 0.2) is 0 Å². The second-order valence-corrected chi connectivity index (χ2v) is 8.02. The maximum absolute atomic E-state index is 12.5. The minimum absolute atomic E-state index is 0.110. The van der Waals surface area contributed by atoms with Crippen molar-refractivity contribution in [1.29, 1.82) is 0 Å². The van der Waals surface area contributed by atoms with Crippen molar-refractivity contribution in [1.82, 2.24) is 10.2 Å². The van der Waals surface area contributed by atoms with Crippen molar-refractivity contribution in [3.63, 3.8) is 0 Å². The lowest BCUT2D eigenvalue weighted by Crippen LogP contribution is -2.52. The zero-order valence-electron chi connectivity index (χ0n) is 13.9. The number of rotatable bonds is 5. The molecule has 0 saturated carbocycles. The molecule has 0 aromatic heterocycles. The van der Waals surface area contributed by atoms with Crippen molar-refractivity contribution < 1.29 is 13.2 Å². The first kappa shape index (κ1) is 17.7. The van der Waals surface area contributed by atoms with Crippen LogP contribution in [0.3, 0.4) is 0 Å². The Morgan fingerprint density at radius 3 is 2.35 bits per heavy atom. The van der Waals surface area contributed by atoms with Crippen LogP contribution in [0.15, 0.2) is 30.3 Å². The Morgan fingerprint density at radius 1 is 1.26 bits per heavy atom. The molecule has 1 unspecified atom stereocenters. The van der Waals surface area contributed by atoms with Gasteiger partial charge in [0.05, 0.1) is 11.9 Å². The number of benzene rings is 1. The lowest BCUT2D eigenvalue weighted by atomic mass is 10.1. The number of carbonyl (C=O) groups is 1. The van der Waals surface area contributed by atoms with Gasteiger partial charge < -0.3 is 10.2 Å². The highest BCUT2D eigenvalue weighted by atomic mass is 32.2. The van der Waals surface area contributed by atoms with E-state index in [1.54, 1.807) is 31.2 Å². The summed E-state index contributed by atoms with van der Waals surface area (Å²) >= 11 is 0. The van der Waals surface area contributed by atoms with Gasteiger partial charge in [-0.2, -0.15) is 0 Å². The first-order valence-corrected chi connectivity index (χ1v) is 9.67. The Kier molecular flexibility index (Phi) is 5.64. The van der Waals surface area contributed by atoms with E-state index >= 15 is 0 Å². The highest BCUT2D eigenvalue weighted by molar-refractivity contribution is 7.92. The van der Waals surface area contributed by atoms with Gasteiger partial charge in [-0.25, -0.2) is 8.42 Å². The van der Waals surface area contributed by atoms with Crippen molar-refractivity contribution in [2.45, 2.75) is 31.8 Å². The van der Waals surface area contributed by atoms with Crippen LogP contribution in [0.5, 0.6) is 0 Å². The van der Waals surface area contributed by atoms with Crippen LogP contribution in [-0.4, -0.2) is 57.7 Å². The van der Waals surface area contributed by atoms with Gasteiger partial charge in [-0.05, 0) is 52.0 Å². The van der Waals surface area contributed by atoms with E-state index in [2.05, 4.69) is 17.3 Å². The van der Waals surface area contributed by atoms with Crippen LogP contribution in [0.2, 0.25) is 0 Å². The first-order valence-electron chi connectivity index (χ1n) is 7.82. The number of carbonyl (C=O) groups excluding carboxylic acids is 1. The van der Waals surface area contributed by atoms with Crippen molar-refractivity contribution in [2.75, 3.05) is 30.7 Å². The maximum Gasteiger partial charge on any atom is 0.243 e. The number of para-hydroxylation sites is 1. The number of amides is 1. The minimum atomic E-state index is -3.55. The molecule has 6 nitrogen and oxygen atoms in total. The van der Waals surface area contributed by atoms with Crippen LogP contribution < -0.4 is 9.62 Å². The van der Waals surface area contributed by atoms with Gasteiger partial charge in [0, 0.05) is 6.04 Å². The third-order valence-corrected chi connectivity index (χ3v) is 5.41. The van der Waals surface area contributed by atoms with Gasteiger partial charge in [-0.15, -0.1) is 0 Å². The third-order valence-electron chi connectivity index (χ3n) is 4.16. The molecule has 1 heterocycles. The Balaban J connectivity index is 2.11. The van der Waals surface area contributed by atoms with Crippen molar-refractivity contribution in [3.8, 4) is 0 Å². The summed E-state index contributed by atoms with van der Waals surface area (Å²) in [6.45, 7) is 3.50. The zero-order chi connectivity index (χ0) is 17.0. The summed E-state index contributed by atoms with van der Waals surface area (Å²) in [6.07, 6.45) is 2.90. The van der Waals surface area contributed by atoms with E-state index in [1.165, 1.54) is 4.31 Å². The van der Waals surface area contributed by atoms with Crippen molar-refractivity contribution >= 4 is 21.6 Å². The molecule has 0 bridgehead atoms. The summed E-state index contributed by atoms with van der Waals surface area (Å²) in [4.78, 5) is 14.7. The molecule has 128 valence electrons. The van der Waals surface area contributed by atoms with Gasteiger partial charge in [0.2, 0.25) is 15.9 Å². The maximum atomic E-state index is 12.5. The van der Waals surface area contributed by atoms with E-state index in [9.17, 15) is 13.2 Å². The lowest BCUT2D eigenvalue weighted by Gasteiger charge is -2.32. The van der Waals surface area contributed by atoms with Gasteiger partial charge >= 0.3 is 0 Å². The summed E-state index contributed by atoms with van der Waals surface area (Å²) in [5, 5.41) is 2.99. The molecule has 1 aromatic carbocycles. The summed E-state index contributed by atoms with van der Waals surface area (Å²) in [7, 11) is -1.49. The molecule has 0 spiro atoms. The smallest absolute Gasteiger partial charge is 0.243 e. The van der Waals surface area contributed by atoms with Crippen molar-refractivity contribution in [2.24, 2.45) is 0 Å². The minimum Gasteiger partial charge on any atom is -0.351 e. The number of likely N-dealkylation sites (tertiary alicyclic amines) is 1. The Bertz CT molecular complexity index is 625. The first-order chi connectivity index (χ1) is 10.8. The summed E-state index contributed by atoms with van der Waals surface area (Å²) in [6, 6.07) is 8.04. The number of anilines is 1. The second-order valence-electron chi connectivity index (χ2n) is 6.16. The molecule has 1 aromatic rings. The quantitative estimate of drug-likeness (QED) is 0.871. The van der Waals surface area contributed by atoms with Crippen LogP contribution in [0.25, 0.3) is 0 Å². The monoisotopic (exact) mass is 339 g/mol. The molecular formula is C16H25N3O3S. The van der Waals surface area contributed by atoms with E-state index < -0.39 is 16.1 Å². The van der Waals surface area contributed by atoms with Gasteiger partial charge in [-0.1, -0.05) is 18.2 Å². The molecule has 0 aliphatic carbocycles. The Hall–Kier alpha value is -1.60. The fraction of sp³-hybridized carbons (Fsp3) is 0.562. The SMILES string of the molecule is CC(C(=O)NC1CCN(C)CC1)N(c1ccccc1)S(C)(=O)=O. The standard InChI is InChI=1S/C16H25N3O3S/c1-13(16(20)17-14-9-11-18(2)12-10-14)19(23(3,21)22)15-7-5-4-6-8-15/h4-8,13-14H,9-12H2,1-3H3,(H,17,20). The molecular weight excluding hydrogens is 314 g/mol. The van der Waals surface area contributed by atoms with E-state index in [4.69, 9.17) is 0 Å². The molecule has 1 atom stereocenters. The molecule has 0 radical (unpaired) electrons. The largest absolute Gasteiger partial charge is 0.351 e. The number of hydrogen-bond donors (Lipinski definition) is 1. The average Bonchev–Trinajstić information content (AvgIpc) is 2.49. The third kappa shape index (κ3) is 4.68. The number of piperidine rings is 1. The second kappa shape index (κ2) is 7.31. The predicted octanol–water partition coefficient (Wildman–Crippen LogP) is 1.05. The van der Waals surface area contributed by atoms with Gasteiger partial charge in [0.25, 0.3) is 0 Å². The molecule has 7 heteroatoms. The summed E-state index contributed by atoms with van der Waals surface area (Å²) in [5.74, 6) is -0.256. The molecule has 1 saturated heterocycles. The summed E-state index contributed by atoms with van der Waals surface area (Å²) in [5.41, 5.74) is 0.501. The van der Waals surface area contributed by atoms with Crippen LogP contribution in [0, 0.1) is 0 Å². The number of hydrogen-bond acceptors (Lipinski definition) is 4. The number of nitrogens with zero attached hydrogens (tertiary/aromatic N) is 2. The van der Waals surface area contributed by atoms with E-state index in [0.717, 1.165) is 32.2 Å². The summed E-state index contributed by atoms with van der Waals surface area (Å²) < 4.78 is 25.5. The van der Waals surface area contributed by atoms with E-state index in [1.807, 2.05) is 6.07 Å². The molecule has 1 N–H and O–H groups in total.